The molecule has 0 fully saturated rings. The van der Waals surface area contributed by atoms with E-state index in [0.717, 1.165) is 55.3 Å². The Hall–Kier alpha value is -6.23. The molecule has 49 heavy (non-hydrogen) atoms. The highest BCUT2D eigenvalue weighted by atomic mass is 28.3. The smallest absolute Gasteiger partial charge is 0.227 e. The summed E-state index contributed by atoms with van der Waals surface area (Å²) in [4.78, 5) is 7.27. The van der Waals surface area contributed by atoms with E-state index in [1.807, 2.05) is 30.3 Å². The monoisotopic (exact) mass is 644 g/mol. The summed E-state index contributed by atoms with van der Waals surface area (Å²) in [6.45, 7) is 0. The summed E-state index contributed by atoms with van der Waals surface area (Å²) in [6.07, 6.45) is 0. The number of hydrogen-bond donors (Lipinski definition) is 0. The number of aromatic nitrogens is 1. The average molecular weight is 645 g/mol. The summed E-state index contributed by atoms with van der Waals surface area (Å²) in [5.41, 5.74) is 5.95. The van der Waals surface area contributed by atoms with E-state index >= 15 is 0 Å². The Balaban J connectivity index is 1.23. The van der Waals surface area contributed by atoms with Crippen LogP contribution in [0.4, 0.5) is 17.1 Å². The van der Waals surface area contributed by atoms with Gasteiger partial charge in [-0.3, -0.25) is 0 Å². The molecule has 4 heteroatoms. The van der Waals surface area contributed by atoms with E-state index in [0.29, 0.717) is 5.89 Å². The van der Waals surface area contributed by atoms with Crippen LogP contribution in [0.2, 0.25) is 0 Å². The molecule has 0 aliphatic carbocycles. The summed E-state index contributed by atoms with van der Waals surface area (Å²) >= 11 is 0. The molecule has 0 bridgehead atoms. The van der Waals surface area contributed by atoms with Gasteiger partial charge < -0.3 is 9.32 Å². The molecule has 0 aliphatic heterocycles. The Kier molecular flexibility index (Phi) is 7.34. The molecule has 0 saturated heterocycles. The number of oxazole rings is 1. The molecular formula is C45H32N2OSi. The fourth-order valence-electron chi connectivity index (χ4n) is 7.09. The van der Waals surface area contributed by atoms with Crippen molar-refractivity contribution in [3.8, 4) is 11.5 Å². The van der Waals surface area contributed by atoms with E-state index in [4.69, 9.17) is 9.40 Å². The minimum absolute atomic E-state index is 0.634. The van der Waals surface area contributed by atoms with Gasteiger partial charge in [-0.25, -0.2) is 4.98 Å². The minimum atomic E-state index is -1.74. The van der Waals surface area contributed by atoms with Crippen molar-refractivity contribution in [3.05, 3.63) is 188 Å². The standard InChI is InChI=1S/C45H32N2OSi/c1-5-14-34(15-6-1)45-46-42-29-27-33-25-24-32-26-28-37(31-41(32)43(33)44(42)48-45)47(35-16-7-2-8-17-35)36-18-13-23-40(30-36)49(38-19-9-3-10-20-38)39-21-11-4-12-22-39/h1-31,49H. The van der Waals surface area contributed by atoms with Gasteiger partial charge in [0.15, 0.2) is 5.58 Å². The molecule has 3 nitrogen and oxygen atoms in total. The summed E-state index contributed by atoms with van der Waals surface area (Å²) in [6, 6.07) is 67.3. The average Bonchev–Trinajstić information content (AvgIpc) is 3.62. The van der Waals surface area contributed by atoms with Gasteiger partial charge in [0, 0.05) is 28.0 Å². The largest absolute Gasteiger partial charge is 0.435 e. The highest BCUT2D eigenvalue weighted by Crippen LogP contribution is 2.39. The quantitative estimate of drug-likeness (QED) is 0.0983. The van der Waals surface area contributed by atoms with Crippen molar-refractivity contribution in [1.82, 2.24) is 4.98 Å². The van der Waals surface area contributed by atoms with Crippen molar-refractivity contribution >= 4 is 74.1 Å². The van der Waals surface area contributed by atoms with Crippen LogP contribution in [-0.2, 0) is 0 Å². The molecule has 9 aromatic rings. The second-order valence-electron chi connectivity index (χ2n) is 12.4. The molecule has 0 atom stereocenters. The van der Waals surface area contributed by atoms with Crippen LogP contribution in [-0.4, -0.2) is 13.8 Å². The number of anilines is 3. The Morgan fingerprint density at radius 1 is 0.449 bits per heavy atom. The number of fused-ring (bicyclic) bond motifs is 5. The first kappa shape index (κ1) is 28.9. The van der Waals surface area contributed by atoms with Gasteiger partial charge >= 0.3 is 0 Å². The lowest BCUT2D eigenvalue weighted by Crippen LogP contribution is -2.51. The predicted molar refractivity (Wildman–Crippen MR) is 208 cm³/mol. The minimum Gasteiger partial charge on any atom is -0.435 e. The molecule has 0 spiro atoms. The van der Waals surface area contributed by atoms with Crippen LogP contribution in [0.5, 0.6) is 0 Å². The Morgan fingerprint density at radius 2 is 1.00 bits per heavy atom. The van der Waals surface area contributed by atoms with Crippen molar-refractivity contribution in [2.75, 3.05) is 4.90 Å². The van der Waals surface area contributed by atoms with Crippen LogP contribution in [0.25, 0.3) is 44.1 Å². The van der Waals surface area contributed by atoms with Gasteiger partial charge in [0.25, 0.3) is 0 Å². The first-order valence-corrected chi connectivity index (χ1v) is 18.4. The molecular weight excluding hydrogens is 613 g/mol. The van der Waals surface area contributed by atoms with Crippen LogP contribution in [0, 0.1) is 0 Å². The van der Waals surface area contributed by atoms with E-state index < -0.39 is 8.80 Å². The molecule has 1 aromatic heterocycles. The Bertz CT molecular complexity index is 2510. The molecule has 0 N–H and O–H groups in total. The maximum Gasteiger partial charge on any atom is 0.227 e. The lowest BCUT2D eigenvalue weighted by Gasteiger charge is -2.27. The predicted octanol–water partition coefficient (Wildman–Crippen LogP) is 9.52. The number of rotatable bonds is 7. The van der Waals surface area contributed by atoms with Crippen molar-refractivity contribution in [2.45, 2.75) is 0 Å². The third kappa shape index (κ3) is 5.38. The SMILES string of the molecule is c1ccc(-c2nc3ccc4ccc5ccc(N(c6ccccc6)c6cccc([SiH](c7ccccc7)c7ccccc7)c6)cc5c4c3o2)cc1. The van der Waals surface area contributed by atoms with Crippen molar-refractivity contribution in [3.63, 3.8) is 0 Å². The van der Waals surface area contributed by atoms with Crippen LogP contribution in [0.3, 0.4) is 0 Å². The number of nitrogens with zero attached hydrogens (tertiary/aromatic N) is 2. The van der Waals surface area contributed by atoms with Gasteiger partial charge in [0.2, 0.25) is 5.89 Å². The van der Waals surface area contributed by atoms with Crippen LogP contribution >= 0.6 is 0 Å². The number of benzene rings is 8. The second kappa shape index (κ2) is 12.4. The van der Waals surface area contributed by atoms with Crippen molar-refractivity contribution in [1.29, 1.82) is 0 Å². The molecule has 9 rings (SSSR count). The van der Waals surface area contributed by atoms with Gasteiger partial charge in [-0.05, 0) is 70.8 Å². The summed E-state index contributed by atoms with van der Waals surface area (Å²) in [7, 11) is -1.74. The van der Waals surface area contributed by atoms with E-state index in [1.54, 1.807) is 0 Å². The van der Waals surface area contributed by atoms with Crippen molar-refractivity contribution < 1.29 is 4.42 Å². The zero-order chi connectivity index (χ0) is 32.6. The van der Waals surface area contributed by atoms with Crippen molar-refractivity contribution in [2.24, 2.45) is 0 Å². The number of para-hydroxylation sites is 1. The molecule has 0 aliphatic rings. The summed E-state index contributed by atoms with van der Waals surface area (Å²) < 4.78 is 6.55. The fraction of sp³-hybridized carbons (Fsp3) is 0. The normalized spacial score (nSPS) is 11.4. The molecule has 1 heterocycles. The topological polar surface area (TPSA) is 29.3 Å². The van der Waals surface area contributed by atoms with Crippen LogP contribution in [0.1, 0.15) is 0 Å². The Labute approximate surface area is 287 Å². The Morgan fingerprint density at radius 3 is 1.71 bits per heavy atom. The zero-order valence-electron chi connectivity index (χ0n) is 26.8. The maximum absolute atomic E-state index is 6.55. The third-order valence-corrected chi connectivity index (χ3v) is 12.5. The van der Waals surface area contributed by atoms with Crippen LogP contribution < -0.4 is 20.5 Å². The second-order valence-corrected chi connectivity index (χ2v) is 15.3. The summed E-state index contributed by atoms with van der Waals surface area (Å²) in [5, 5.41) is 8.67. The molecule has 8 aromatic carbocycles. The number of hydrogen-bond acceptors (Lipinski definition) is 3. The van der Waals surface area contributed by atoms with Gasteiger partial charge in [0.1, 0.15) is 14.3 Å². The van der Waals surface area contributed by atoms with E-state index in [9.17, 15) is 0 Å². The van der Waals surface area contributed by atoms with E-state index in [1.165, 1.54) is 15.6 Å². The molecule has 0 radical (unpaired) electrons. The van der Waals surface area contributed by atoms with Crippen LogP contribution in [0.15, 0.2) is 192 Å². The zero-order valence-corrected chi connectivity index (χ0v) is 27.9. The maximum atomic E-state index is 6.55. The fourth-order valence-corrected chi connectivity index (χ4v) is 10.1. The molecule has 232 valence electrons. The van der Waals surface area contributed by atoms with Gasteiger partial charge in [-0.1, -0.05) is 149 Å². The van der Waals surface area contributed by atoms with E-state index in [2.05, 4.69) is 163 Å². The van der Waals surface area contributed by atoms with E-state index in [-0.39, 0.29) is 0 Å². The third-order valence-electron chi connectivity index (χ3n) is 9.36. The molecule has 0 amide bonds. The van der Waals surface area contributed by atoms with Gasteiger partial charge in [0.05, 0.1) is 0 Å². The van der Waals surface area contributed by atoms with Gasteiger partial charge in [-0.15, -0.1) is 0 Å². The lowest BCUT2D eigenvalue weighted by molar-refractivity contribution is 0.623. The first-order chi connectivity index (χ1) is 24.3. The molecule has 0 saturated carbocycles. The summed E-state index contributed by atoms with van der Waals surface area (Å²) in [5.74, 6) is 0.634. The highest BCUT2D eigenvalue weighted by molar-refractivity contribution is 6.95. The lowest BCUT2D eigenvalue weighted by atomic mass is 10.00. The highest BCUT2D eigenvalue weighted by Gasteiger charge is 2.22. The molecule has 0 unspecified atom stereocenters. The van der Waals surface area contributed by atoms with Gasteiger partial charge in [-0.2, -0.15) is 0 Å². The first-order valence-electron chi connectivity index (χ1n) is 16.7.